The van der Waals surface area contributed by atoms with Crippen LogP contribution in [0.1, 0.15) is 5.69 Å². The van der Waals surface area contributed by atoms with Crippen LogP contribution in [0.3, 0.4) is 0 Å². The highest BCUT2D eigenvalue weighted by Gasteiger charge is 2.08. The third kappa shape index (κ3) is 2.70. The molecule has 5 heteroatoms. The van der Waals surface area contributed by atoms with E-state index in [9.17, 15) is 4.79 Å². The third-order valence-electron chi connectivity index (χ3n) is 1.70. The molecule has 0 bridgehead atoms. The molecule has 5 nitrogen and oxygen atoms in total. The zero-order valence-electron chi connectivity index (χ0n) is 8.43. The van der Waals surface area contributed by atoms with Crippen molar-refractivity contribution in [3.05, 3.63) is 24.0 Å². The minimum Gasteiger partial charge on any atom is -0.493 e. The highest BCUT2D eigenvalue weighted by molar-refractivity contribution is 5.85. The maximum Gasteiger partial charge on any atom is 0.328 e. The minimum absolute atomic E-state index is 0.414. The number of hydrogen-bond acceptors (Lipinski definition) is 4. The molecule has 0 aromatic carbocycles. The molecule has 0 aliphatic carbocycles. The van der Waals surface area contributed by atoms with Gasteiger partial charge in [0, 0.05) is 18.3 Å². The molecule has 1 rings (SSSR count). The topological polar surface area (TPSA) is 68.7 Å². The van der Waals surface area contributed by atoms with Gasteiger partial charge in [-0.05, 0) is 6.08 Å². The summed E-state index contributed by atoms with van der Waals surface area (Å²) >= 11 is 0. The van der Waals surface area contributed by atoms with Gasteiger partial charge in [-0.1, -0.05) is 0 Å². The average Bonchev–Trinajstić information content (AvgIpc) is 2.25. The van der Waals surface area contributed by atoms with E-state index < -0.39 is 5.97 Å². The molecular weight excluding hydrogens is 198 g/mol. The van der Waals surface area contributed by atoms with Crippen molar-refractivity contribution < 1.29 is 19.4 Å². The van der Waals surface area contributed by atoms with Crippen molar-refractivity contribution in [1.82, 2.24) is 4.98 Å². The number of hydrogen-bond donors (Lipinski definition) is 1. The Morgan fingerprint density at radius 3 is 2.73 bits per heavy atom. The lowest BCUT2D eigenvalue weighted by Crippen LogP contribution is -1.95. The Kier molecular flexibility index (Phi) is 3.68. The van der Waals surface area contributed by atoms with Crippen molar-refractivity contribution in [2.24, 2.45) is 0 Å². The van der Waals surface area contributed by atoms with E-state index in [1.165, 1.54) is 26.5 Å². The van der Waals surface area contributed by atoms with E-state index in [0.717, 1.165) is 6.08 Å². The second-order valence-electron chi connectivity index (χ2n) is 2.60. The second-order valence-corrected chi connectivity index (χ2v) is 2.60. The van der Waals surface area contributed by atoms with E-state index in [4.69, 9.17) is 14.6 Å². The van der Waals surface area contributed by atoms with Crippen LogP contribution in [-0.4, -0.2) is 30.3 Å². The fraction of sp³-hybridized carbons (Fsp3) is 0.200. The molecule has 0 fully saturated rings. The van der Waals surface area contributed by atoms with Crippen LogP contribution in [0, 0.1) is 0 Å². The maximum atomic E-state index is 10.3. The summed E-state index contributed by atoms with van der Waals surface area (Å²) in [6, 6.07) is 1.64. The Bertz CT molecular complexity index is 387. The van der Waals surface area contributed by atoms with Crippen molar-refractivity contribution in [2.75, 3.05) is 14.2 Å². The van der Waals surface area contributed by atoms with Crippen LogP contribution in [0.5, 0.6) is 11.5 Å². The largest absolute Gasteiger partial charge is 0.493 e. The number of rotatable bonds is 4. The second kappa shape index (κ2) is 4.99. The lowest BCUT2D eigenvalue weighted by molar-refractivity contribution is -0.131. The number of carboxylic acids is 1. The van der Waals surface area contributed by atoms with Crippen molar-refractivity contribution in [3.8, 4) is 11.5 Å². The molecule has 0 aliphatic heterocycles. The summed E-state index contributed by atoms with van der Waals surface area (Å²) in [6.07, 6.45) is 3.86. The van der Waals surface area contributed by atoms with Gasteiger partial charge in [0.05, 0.1) is 14.2 Å². The lowest BCUT2D eigenvalue weighted by Gasteiger charge is -2.08. The van der Waals surface area contributed by atoms with Gasteiger partial charge in [0.1, 0.15) is 5.69 Å². The van der Waals surface area contributed by atoms with Crippen LogP contribution >= 0.6 is 0 Å². The first kappa shape index (κ1) is 11.0. The van der Waals surface area contributed by atoms with E-state index in [-0.39, 0.29) is 0 Å². The van der Waals surface area contributed by atoms with E-state index in [2.05, 4.69) is 4.98 Å². The molecule has 1 aromatic rings. The predicted octanol–water partition coefficient (Wildman–Crippen LogP) is 1.20. The zero-order chi connectivity index (χ0) is 11.3. The van der Waals surface area contributed by atoms with Crippen LogP contribution in [0.4, 0.5) is 0 Å². The summed E-state index contributed by atoms with van der Waals surface area (Å²) < 4.78 is 10.1. The smallest absolute Gasteiger partial charge is 0.328 e. The van der Waals surface area contributed by atoms with Crippen LogP contribution in [0.25, 0.3) is 6.08 Å². The van der Waals surface area contributed by atoms with Crippen molar-refractivity contribution in [1.29, 1.82) is 0 Å². The summed E-state index contributed by atoms with van der Waals surface area (Å²) in [7, 11) is 2.97. The van der Waals surface area contributed by atoms with E-state index in [1.54, 1.807) is 6.07 Å². The number of methoxy groups -OCH3 is 2. The molecule has 80 valence electrons. The van der Waals surface area contributed by atoms with Gasteiger partial charge in [-0.15, -0.1) is 0 Å². The highest BCUT2D eigenvalue weighted by Crippen LogP contribution is 2.29. The summed E-state index contributed by atoms with van der Waals surface area (Å²) in [6.45, 7) is 0. The molecule has 1 aromatic heterocycles. The Morgan fingerprint density at radius 1 is 1.47 bits per heavy atom. The molecule has 1 N–H and O–H groups in total. The summed E-state index contributed by atoms with van der Waals surface area (Å²) in [5, 5.41) is 8.48. The van der Waals surface area contributed by atoms with Gasteiger partial charge in [0.25, 0.3) is 0 Å². The Balaban J connectivity index is 3.11. The molecule has 0 amide bonds. The number of aliphatic carboxylic acids is 1. The first-order valence-electron chi connectivity index (χ1n) is 4.17. The standard InChI is InChI=1S/C10H11NO4/c1-14-8-5-6-11-7(10(8)15-2)3-4-9(12)13/h3-6H,1-2H3,(H,12,13)/b4-3+. The lowest BCUT2D eigenvalue weighted by atomic mass is 10.3. The number of carbonyl (C=O) groups is 1. The summed E-state index contributed by atoms with van der Waals surface area (Å²) in [5.74, 6) is -0.114. The van der Waals surface area contributed by atoms with Crippen LogP contribution in [-0.2, 0) is 4.79 Å². The van der Waals surface area contributed by atoms with Gasteiger partial charge in [-0.3, -0.25) is 4.98 Å². The molecule has 0 spiro atoms. The number of carboxylic acid groups (broad SMARTS) is 1. The first-order chi connectivity index (χ1) is 7.19. The molecule has 0 radical (unpaired) electrons. The normalized spacial score (nSPS) is 10.3. The van der Waals surface area contributed by atoms with Crippen LogP contribution in [0.2, 0.25) is 0 Å². The van der Waals surface area contributed by atoms with E-state index >= 15 is 0 Å². The monoisotopic (exact) mass is 209 g/mol. The molecule has 0 atom stereocenters. The maximum absolute atomic E-state index is 10.3. The molecule has 15 heavy (non-hydrogen) atoms. The van der Waals surface area contributed by atoms with Crippen molar-refractivity contribution in [3.63, 3.8) is 0 Å². The van der Waals surface area contributed by atoms with Crippen molar-refractivity contribution >= 4 is 12.0 Å². The third-order valence-corrected chi connectivity index (χ3v) is 1.70. The van der Waals surface area contributed by atoms with Gasteiger partial charge in [-0.2, -0.15) is 0 Å². The number of pyridine rings is 1. The molecule has 0 saturated heterocycles. The SMILES string of the molecule is COc1ccnc(/C=C/C(=O)O)c1OC. The molecular formula is C10H11NO4. The summed E-state index contributed by atoms with van der Waals surface area (Å²) in [5.41, 5.74) is 0.416. The van der Waals surface area contributed by atoms with Crippen LogP contribution in [0.15, 0.2) is 18.3 Å². The first-order valence-corrected chi connectivity index (χ1v) is 4.17. The molecule has 0 saturated carbocycles. The average molecular weight is 209 g/mol. The highest BCUT2D eigenvalue weighted by atomic mass is 16.5. The number of ether oxygens (including phenoxy) is 2. The van der Waals surface area contributed by atoms with E-state index in [1.807, 2.05) is 0 Å². The Labute approximate surface area is 87.0 Å². The minimum atomic E-state index is -1.04. The quantitative estimate of drug-likeness (QED) is 0.754. The zero-order valence-corrected chi connectivity index (χ0v) is 8.43. The Hall–Kier alpha value is -2.04. The number of nitrogens with zero attached hydrogens (tertiary/aromatic N) is 1. The summed E-state index contributed by atoms with van der Waals surface area (Å²) in [4.78, 5) is 14.3. The van der Waals surface area contributed by atoms with Gasteiger partial charge in [0.15, 0.2) is 11.5 Å². The van der Waals surface area contributed by atoms with Gasteiger partial charge in [-0.25, -0.2) is 4.79 Å². The molecule has 0 unspecified atom stereocenters. The van der Waals surface area contributed by atoms with Gasteiger partial charge >= 0.3 is 5.97 Å². The van der Waals surface area contributed by atoms with Crippen molar-refractivity contribution in [2.45, 2.75) is 0 Å². The fourth-order valence-electron chi connectivity index (χ4n) is 1.08. The van der Waals surface area contributed by atoms with Crippen LogP contribution < -0.4 is 9.47 Å². The van der Waals surface area contributed by atoms with Gasteiger partial charge < -0.3 is 14.6 Å². The Morgan fingerprint density at radius 2 is 2.20 bits per heavy atom. The molecule has 1 heterocycles. The van der Waals surface area contributed by atoms with Gasteiger partial charge in [0.2, 0.25) is 0 Å². The van der Waals surface area contributed by atoms with E-state index in [0.29, 0.717) is 17.2 Å². The number of aromatic nitrogens is 1. The molecule has 0 aliphatic rings. The predicted molar refractivity (Wildman–Crippen MR) is 54.0 cm³/mol. The fourth-order valence-corrected chi connectivity index (χ4v) is 1.08.